The molecule has 0 atom stereocenters. The number of likely N-dealkylation sites (tertiary alicyclic amines) is 1. The number of benzene rings is 1. The second-order valence-electron chi connectivity index (χ2n) is 8.76. The maximum atomic E-state index is 13.5. The molecule has 1 fully saturated rings. The van der Waals surface area contributed by atoms with Gasteiger partial charge >= 0.3 is 0 Å². The fourth-order valence-corrected chi connectivity index (χ4v) is 4.61. The van der Waals surface area contributed by atoms with Crippen molar-refractivity contribution in [1.82, 2.24) is 14.7 Å². The number of hydrogen-bond acceptors (Lipinski definition) is 6. The highest BCUT2D eigenvalue weighted by Gasteiger charge is 2.42. The van der Waals surface area contributed by atoms with E-state index in [0.29, 0.717) is 34.9 Å². The van der Waals surface area contributed by atoms with Gasteiger partial charge in [-0.15, -0.1) is 0 Å². The van der Waals surface area contributed by atoms with E-state index < -0.39 is 0 Å². The average molecular weight is 444 g/mol. The van der Waals surface area contributed by atoms with Crippen LogP contribution < -0.4 is 9.47 Å². The summed E-state index contributed by atoms with van der Waals surface area (Å²) in [6, 6.07) is 5.65. The summed E-state index contributed by atoms with van der Waals surface area (Å²) in [7, 11) is 7.23. The molecule has 0 unspecified atom stereocenters. The highest BCUT2D eigenvalue weighted by Crippen LogP contribution is 2.37. The van der Waals surface area contributed by atoms with E-state index in [2.05, 4.69) is 18.9 Å². The largest absolute Gasteiger partial charge is 0.493 e. The minimum Gasteiger partial charge on any atom is -0.493 e. The second kappa shape index (κ2) is 10.9. The highest BCUT2D eigenvalue weighted by atomic mass is 16.5. The highest BCUT2D eigenvalue weighted by molar-refractivity contribution is 6.35. The third-order valence-corrected chi connectivity index (χ3v) is 6.64. The summed E-state index contributed by atoms with van der Waals surface area (Å²) in [5.74, 6) is 0.738. The third kappa shape index (κ3) is 4.93. The predicted molar refractivity (Wildman–Crippen MR) is 126 cm³/mol. The smallest absolute Gasteiger partial charge is 0.277 e. The van der Waals surface area contributed by atoms with E-state index in [0.717, 1.165) is 51.6 Å². The van der Waals surface area contributed by atoms with Gasteiger partial charge in [-0.05, 0) is 57.1 Å². The maximum absolute atomic E-state index is 13.5. The van der Waals surface area contributed by atoms with Crippen LogP contribution in [0.4, 0.5) is 0 Å². The fourth-order valence-electron chi connectivity index (χ4n) is 4.61. The van der Waals surface area contributed by atoms with Crippen molar-refractivity contribution in [3.05, 3.63) is 29.5 Å². The Morgan fingerprint density at radius 2 is 1.69 bits per heavy atom. The minimum absolute atomic E-state index is 0.183. The lowest BCUT2D eigenvalue weighted by atomic mass is 10.00. The van der Waals surface area contributed by atoms with Crippen molar-refractivity contribution in [3.8, 4) is 11.5 Å². The number of rotatable bonds is 10. The topological polar surface area (TPSA) is 62.3 Å². The summed E-state index contributed by atoms with van der Waals surface area (Å²) in [5, 5.41) is 0. The van der Waals surface area contributed by atoms with Gasteiger partial charge < -0.3 is 19.3 Å². The van der Waals surface area contributed by atoms with Crippen LogP contribution in [0.3, 0.4) is 0 Å². The van der Waals surface area contributed by atoms with Crippen molar-refractivity contribution in [3.63, 3.8) is 0 Å². The number of piperidine rings is 1. The Morgan fingerprint density at radius 3 is 2.31 bits per heavy atom. The zero-order chi connectivity index (χ0) is 23.3. The van der Waals surface area contributed by atoms with Crippen LogP contribution in [0.25, 0.3) is 5.57 Å². The minimum atomic E-state index is -0.214. The van der Waals surface area contributed by atoms with Crippen LogP contribution in [0.15, 0.2) is 23.9 Å². The lowest BCUT2D eigenvalue weighted by molar-refractivity contribution is -0.137. The lowest BCUT2D eigenvalue weighted by Gasteiger charge is -2.36. The van der Waals surface area contributed by atoms with Crippen molar-refractivity contribution in [2.45, 2.75) is 51.5 Å². The SMILES string of the molecule is CCCCCCN1C(=O)C(c2ccc(OC)c(OC)c2)=C(N(C)C2CCN(C)CC2)C1=O. The number of carbonyl (C=O) groups is 2. The molecule has 1 aromatic carbocycles. The van der Waals surface area contributed by atoms with Gasteiger partial charge in [-0.3, -0.25) is 14.5 Å². The van der Waals surface area contributed by atoms with Gasteiger partial charge in [0.15, 0.2) is 11.5 Å². The molecule has 3 rings (SSSR count). The Kier molecular flexibility index (Phi) is 8.18. The molecule has 0 bridgehead atoms. The Labute approximate surface area is 191 Å². The first-order valence-electron chi connectivity index (χ1n) is 11.7. The molecule has 2 aliphatic rings. The number of nitrogens with zero attached hydrogens (tertiary/aromatic N) is 3. The normalized spacial score (nSPS) is 18.0. The van der Waals surface area contributed by atoms with Crippen LogP contribution in [0.1, 0.15) is 51.0 Å². The number of amides is 2. The summed E-state index contributed by atoms with van der Waals surface area (Å²) in [6.07, 6.45) is 5.99. The van der Waals surface area contributed by atoms with Crippen molar-refractivity contribution < 1.29 is 19.1 Å². The Balaban J connectivity index is 1.98. The first-order chi connectivity index (χ1) is 15.4. The van der Waals surface area contributed by atoms with Crippen molar-refractivity contribution in [1.29, 1.82) is 0 Å². The van der Waals surface area contributed by atoms with Crippen LogP contribution in [-0.4, -0.2) is 80.5 Å². The van der Waals surface area contributed by atoms with Crippen LogP contribution in [-0.2, 0) is 9.59 Å². The first kappa shape index (κ1) is 24.1. The molecule has 0 radical (unpaired) electrons. The summed E-state index contributed by atoms with van der Waals surface area (Å²) in [4.78, 5) is 32.8. The molecular weight excluding hydrogens is 406 g/mol. The molecule has 7 nitrogen and oxygen atoms in total. The van der Waals surface area contributed by atoms with Crippen LogP contribution in [0.5, 0.6) is 11.5 Å². The molecule has 2 amide bonds. The molecule has 0 aliphatic carbocycles. The Hall–Kier alpha value is -2.54. The van der Waals surface area contributed by atoms with E-state index in [1.807, 2.05) is 18.0 Å². The zero-order valence-electron chi connectivity index (χ0n) is 20.1. The fraction of sp³-hybridized carbons (Fsp3) is 0.600. The zero-order valence-corrected chi connectivity index (χ0v) is 20.1. The number of methoxy groups -OCH3 is 2. The van der Waals surface area contributed by atoms with Gasteiger partial charge in [0.05, 0.1) is 19.8 Å². The number of unbranched alkanes of at least 4 members (excludes halogenated alkanes) is 3. The van der Waals surface area contributed by atoms with Crippen LogP contribution in [0, 0.1) is 0 Å². The van der Waals surface area contributed by atoms with E-state index >= 15 is 0 Å². The summed E-state index contributed by atoms with van der Waals surface area (Å²) in [5.41, 5.74) is 1.66. The van der Waals surface area contributed by atoms with Gasteiger partial charge in [0.2, 0.25) is 0 Å². The quantitative estimate of drug-likeness (QED) is 0.408. The van der Waals surface area contributed by atoms with E-state index in [1.165, 1.54) is 4.90 Å². The summed E-state index contributed by atoms with van der Waals surface area (Å²) < 4.78 is 10.8. The summed E-state index contributed by atoms with van der Waals surface area (Å²) in [6.45, 7) is 4.57. The standard InChI is InChI=1S/C25H37N3O4/c1-6-7-8-9-14-28-24(29)22(18-10-11-20(31-4)21(17-18)32-5)23(25(28)30)27(3)19-12-15-26(2)16-13-19/h10-11,17,19H,6-9,12-16H2,1-5H3. The molecule has 0 spiro atoms. The molecule has 176 valence electrons. The molecule has 0 saturated carbocycles. The van der Waals surface area contributed by atoms with E-state index in [-0.39, 0.29) is 17.9 Å². The molecule has 2 aliphatic heterocycles. The number of hydrogen-bond donors (Lipinski definition) is 0. The van der Waals surface area contributed by atoms with Gasteiger partial charge in [0.25, 0.3) is 11.8 Å². The van der Waals surface area contributed by atoms with Gasteiger partial charge in [0.1, 0.15) is 5.70 Å². The molecule has 1 saturated heterocycles. The number of carbonyl (C=O) groups excluding carboxylic acids is 2. The number of imide groups is 1. The second-order valence-corrected chi connectivity index (χ2v) is 8.76. The van der Waals surface area contributed by atoms with Gasteiger partial charge in [-0.1, -0.05) is 32.3 Å². The van der Waals surface area contributed by atoms with E-state index in [1.54, 1.807) is 26.4 Å². The van der Waals surface area contributed by atoms with E-state index in [4.69, 9.17) is 9.47 Å². The number of ether oxygens (including phenoxy) is 2. The van der Waals surface area contributed by atoms with Gasteiger partial charge in [-0.25, -0.2) is 0 Å². The van der Waals surface area contributed by atoms with Crippen molar-refractivity contribution in [2.24, 2.45) is 0 Å². The molecule has 7 heteroatoms. The molecular formula is C25H37N3O4. The predicted octanol–water partition coefficient (Wildman–Crippen LogP) is 3.39. The molecule has 2 heterocycles. The molecule has 1 aromatic rings. The first-order valence-corrected chi connectivity index (χ1v) is 11.7. The maximum Gasteiger partial charge on any atom is 0.277 e. The number of likely N-dealkylation sites (N-methyl/N-ethyl adjacent to an activating group) is 1. The average Bonchev–Trinajstić information content (AvgIpc) is 3.05. The van der Waals surface area contributed by atoms with Crippen LogP contribution in [0.2, 0.25) is 0 Å². The van der Waals surface area contributed by atoms with Crippen molar-refractivity contribution in [2.75, 3.05) is 47.9 Å². The summed E-state index contributed by atoms with van der Waals surface area (Å²) >= 11 is 0. The van der Waals surface area contributed by atoms with Crippen molar-refractivity contribution >= 4 is 17.4 Å². The Morgan fingerprint density at radius 1 is 1.00 bits per heavy atom. The van der Waals surface area contributed by atoms with E-state index in [9.17, 15) is 9.59 Å². The van der Waals surface area contributed by atoms with Gasteiger partial charge in [0, 0.05) is 19.6 Å². The molecule has 0 aromatic heterocycles. The van der Waals surface area contributed by atoms with Gasteiger partial charge in [-0.2, -0.15) is 0 Å². The Bertz CT molecular complexity index is 859. The molecule has 0 N–H and O–H groups in total. The monoisotopic (exact) mass is 443 g/mol. The molecule has 32 heavy (non-hydrogen) atoms. The lowest BCUT2D eigenvalue weighted by Crippen LogP contribution is -2.43. The third-order valence-electron chi connectivity index (χ3n) is 6.64. The van der Waals surface area contributed by atoms with Crippen LogP contribution >= 0.6 is 0 Å².